The lowest BCUT2D eigenvalue weighted by Gasteiger charge is -2.30. The predicted octanol–water partition coefficient (Wildman–Crippen LogP) is 1.22. The van der Waals surface area contributed by atoms with Crippen LogP contribution in [0, 0.1) is 5.92 Å². The Labute approximate surface area is 108 Å². The molecular weight excluding hydrogens is 232 g/mol. The Hall–Kier alpha value is -1.10. The Morgan fingerprint density at radius 3 is 2.33 bits per heavy atom. The maximum absolute atomic E-state index is 12.2. The third-order valence-corrected chi connectivity index (χ3v) is 3.40. The Balaban J connectivity index is 2.68. The van der Waals surface area contributed by atoms with Crippen LogP contribution in [0.25, 0.3) is 0 Å². The van der Waals surface area contributed by atoms with Gasteiger partial charge < -0.3 is 15.7 Å². The molecule has 1 amide bonds. The molecule has 0 aromatic carbocycles. The van der Waals surface area contributed by atoms with E-state index in [0.717, 1.165) is 25.7 Å². The van der Waals surface area contributed by atoms with Crippen molar-refractivity contribution in [2.45, 2.75) is 58.0 Å². The Bertz CT molecular complexity index is 299. The van der Waals surface area contributed by atoms with Crippen LogP contribution in [0.2, 0.25) is 0 Å². The van der Waals surface area contributed by atoms with Gasteiger partial charge in [-0.3, -0.25) is 9.59 Å². The molecule has 1 atom stereocenters. The Kier molecular flexibility index (Phi) is 5.59. The third-order valence-electron chi connectivity index (χ3n) is 3.40. The van der Waals surface area contributed by atoms with Crippen molar-refractivity contribution in [1.29, 1.82) is 0 Å². The molecule has 0 bridgehead atoms. The highest BCUT2D eigenvalue weighted by molar-refractivity contribution is 5.85. The number of carboxylic acids is 1. The summed E-state index contributed by atoms with van der Waals surface area (Å²) >= 11 is 0. The molecule has 0 radical (unpaired) electrons. The molecule has 1 fully saturated rings. The summed E-state index contributed by atoms with van der Waals surface area (Å²) < 4.78 is 0. The van der Waals surface area contributed by atoms with Gasteiger partial charge in [-0.15, -0.1) is 0 Å². The lowest BCUT2D eigenvalue weighted by atomic mass is 10.0. The predicted molar refractivity (Wildman–Crippen MR) is 69.0 cm³/mol. The average Bonchev–Trinajstić information content (AvgIpc) is 2.76. The average molecular weight is 256 g/mol. The molecular formula is C13H24N2O3. The molecule has 1 rings (SSSR count). The number of carbonyl (C=O) groups excluding carboxylic acids is 1. The van der Waals surface area contributed by atoms with E-state index in [1.807, 2.05) is 13.8 Å². The summed E-state index contributed by atoms with van der Waals surface area (Å²) in [6, 6.07) is -0.517. The van der Waals surface area contributed by atoms with Gasteiger partial charge in [0.05, 0.1) is 6.04 Å². The Morgan fingerprint density at radius 1 is 1.33 bits per heavy atom. The van der Waals surface area contributed by atoms with Crippen molar-refractivity contribution >= 4 is 11.9 Å². The fourth-order valence-corrected chi connectivity index (χ4v) is 2.57. The molecule has 18 heavy (non-hydrogen) atoms. The first-order chi connectivity index (χ1) is 8.41. The lowest BCUT2D eigenvalue weighted by Crippen LogP contribution is -2.50. The van der Waals surface area contributed by atoms with Crippen LogP contribution >= 0.6 is 0 Å². The molecule has 0 unspecified atom stereocenters. The highest BCUT2D eigenvalue weighted by atomic mass is 16.4. The maximum Gasteiger partial charge on any atom is 0.323 e. The van der Waals surface area contributed by atoms with Crippen molar-refractivity contribution in [1.82, 2.24) is 4.90 Å². The molecule has 5 nitrogen and oxygen atoms in total. The van der Waals surface area contributed by atoms with Crippen molar-refractivity contribution in [3.8, 4) is 0 Å². The van der Waals surface area contributed by atoms with E-state index in [1.165, 1.54) is 4.90 Å². The summed E-state index contributed by atoms with van der Waals surface area (Å²) in [5.74, 6) is -0.843. The minimum Gasteiger partial charge on any atom is -0.480 e. The number of nitrogens with zero attached hydrogens (tertiary/aromatic N) is 1. The van der Waals surface area contributed by atoms with E-state index in [2.05, 4.69) is 0 Å². The van der Waals surface area contributed by atoms with E-state index in [4.69, 9.17) is 10.8 Å². The van der Waals surface area contributed by atoms with Crippen LogP contribution < -0.4 is 5.73 Å². The van der Waals surface area contributed by atoms with Gasteiger partial charge in [-0.25, -0.2) is 0 Å². The zero-order valence-electron chi connectivity index (χ0n) is 11.3. The second-order valence-electron chi connectivity index (χ2n) is 5.53. The van der Waals surface area contributed by atoms with Gasteiger partial charge in [0, 0.05) is 6.04 Å². The first kappa shape index (κ1) is 15.0. The topological polar surface area (TPSA) is 83.6 Å². The first-order valence-electron chi connectivity index (χ1n) is 6.69. The van der Waals surface area contributed by atoms with Crippen LogP contribution in [0.5, 0.6) is 0 Å². The van der Waals surface area contributed by atoms with Crippen LogP contribution in [0.4, 0.5) is 0 Å². The van der Waals surface area contributed by atoms with Gasteiger partial charge in [0.1, 0.15) is 6.54 Å². The van der Waals surface area contributed by atoms with Gasteiger partial charge in [0.25, 0.3) is 0 Å². The number of carbonyl (C=O) groups is 2. The summed E-state index contributed by atoms with van der Waals surface area (Å²) in [5, 5.41) is 8.92. The van der Waals surface area contributed by atoms with Gasteiger partial charge in [-0.05, 0) is 25.2 Å². The fraction of sp³-hybridized carbons (Fsp3) is 0.846. The van der Waals surface area contributed by atoms with Crippen molar-refractivity contribution in [3.63, 3.8) is 0 Å². The van der Waals surface area contributed by atoms with E-state index in [9.17, 15) is 9.59 Å². The van der Waals surface area contributed by atoms with E-state index >= 15 is 0 Å². The fourth-order valence-electron chi connectivity index (χ4n) is 2.57. The van der Waals surface area contributed by atoms with Crippen LogP contribution in [-0.4, -0.2) is 40.5 Å². The molecule has 1 saturated carbocycles. The minimum atomic E-state index is -0.966. The number of carboxylic acid groups (broad SMARTS) is 1. The van der Waals surface area contributed by atoms with E-state index in [-0.39, 0.29) is 18.5 Å². The number of hydrogen-bond donors (Lipinski definition) is 2. The van der Waals surface area contributed by atoms with Crippen LogP contribution in [0.15, 0.2) is 0 Å². The normalized spacial score (nSPS) is 18.0. The number of nitrogens with two attached hydrogens (primary N) is 1. The van der Waals surface area contributed by atoms with Crippen LogP contribution in [0.1, 0.15) is 46.0 Å². The van der Waals surface area contributed by atoms with E-state index in [1.54, 1.807) is 0 Å². The molecule has 5 heteroatoms. The highest BCUT2D eigenvalue weighted by Crippen LogP contribution is 2.24. The zero-order chi connectivity index (χ0) is 13.7. The highest BCUT2D eigenvalue weighted by Gasteiger charge is 2.31. The first-order valence-corrected chi connectivity index (χ1v) is 6.69. The molecule has 0 aromatic rings. The van der Waals surface area contributed by atoms with Crippen molar-refractivity contribution < 1.29 is 14.7 Å². The molecule has 1 aliphatic carbocycles. The summed E-state index contributed by atoms with van der Waals surface area (Å²) in [6.07, 6.45) is 4.52. The number of aliphatic carboxylic acids is 1. The van der Waals surface area contributed by atoms with E-state index < -0.39 is 12.0 Å². The molecule has 0 aliphatic heterocycles. The maximum atomic E-state index is 12.2. The number of hydrogen-bond acceptors (Lipinski definition) is 3. The standard InChI is InChI=1S/C13H24N2O3/c1-9(2)7-11(14)13(18)15(8-12(16)17)10-5-3-4-6-10/h9-11H,3-8,14H2,1-2H3,(H,16,17)/t11-/m1/s1. The Morgan fingerprint density at radius 2 is 1.89 bits per heavy atom. The van der Waals surface area contributed by atoms with Gasteiger partial charge in [-0.2, -0.15) is 0 Å². The molecule has 3 N–H and O–H groups in total. The minimum absolute atomic E-state index is 0.0619. The van der Waals surface area contributed by atoms with Crippen LogP contribution in [0.3, 0.4) is 0 Å². The molecule has 0 saturated heterocycles. The molecule has 104 valence electrons. The number of amides is 1. The lowest BCUT2D eigenvalue weighted by molar-refractivity contribution is -0.147. The van der Waals surface area contributed by atoms with Gasteiger partial charge in [0.2, 0.25) is 5.91 Å². The third kappa shape index (κ3) is 4.29. The van der Waals surface area contributed by atoms with Crippen LogP contribution in [-0.2, 0) is 9.59 Å². The van der Waals surface area contributed by atoms with Crippen molar-refractivity contribution in [2.24, 2.45) is 11.7 Å². The largest absolute Gasteiger partial charge is 0.480 e. The molecule has 0 heterocycles. The van der Waals surface area contributed by atoms with E-state index in [0.29, 0.717) is 12.3 Å². The second-order valence-corrected chi connectivity index (χ2v) is 5.53. The quantitative estimate of drug-likeness (QED) is 0.748. The summed E-state index contributed by atoms with van der Waals surface area (Å²) in [4.78, 5) is 24.6. The van der Waals surface area contributed by atoms with Gasteiger partial charge in [0.15, 0.2) is 0 Å². The van der Waals surface area contributed by atoms with Gasteiger partial charge in [-0.1, -0.05) is 26.7 Å². The zero-order valence-corrected chi connectivity index (χ0v) is 11.3. The summed E-state index contributed by atoms with van der Waals surface area (Å²) in [6.45, 7) is 3.78. The molecule has 1 aliphatic rings. The molecule has 0 aromatic heterocycles. The second kappa shape index (κ2) is 6.73. The number of rotatable bonds is 6. The monoisotopic (exact) mass is 256 g/mol. The summed E-state index contributed by atoms with van der Waals surface area (Å²) in [5.41, 5.74) is 5.88. The smallest absolute Gasteiger partial charge is 0.323 e. The SMILES string of the molecule is CC(C)C[C@@H](N)C(=O)N(CC(=O)O)C1CCCC1. The van der Waals surface area contributed by atoms with Crippen molar-refractivity contribution in [2.75, 3.05) is 6.54 Å². The summed E-state index contributed by atoms with van der Waals surface area (Å²) in [7, 11) is 0. The van der Waals surface area contributed by atoms with Crippen molar-refractivity contribution in [3.05, 3.63) is 0 Å². The molecule has 0 spiro atoms. The van der Waals surface area contributed by atoms with Gasteiger partial charge >= 0.3 is 5.97 Å².